The molecule has 0 unspecified atom stereocenters. The molecule has 0 saturated carbocycles. The first-order chi connectivity index (χ1) is 7.86. The third-order valence-electron chi connectivity index (χ3n) is 2.28. The van der Waals surface area contributed by atoms with Gasteiger partial charge in [0.25, 0.3) is 0 Å². The van der Waals surface area contributed by atoms with E-state index in [-0.39, 0.29) is 0 Å². The minimum atomic E-state index is 0.766. The van der Waals surface area contributed by atoms with Crippen LogP contribution in [0.1, 0.15) is 29.7 Å². The summed E-state index contributed by atoms with van der Waals surface area (Å²) >= 11 is 1.64. The van der Waals surface area contributed by atoms with Gasteiger partial charge >= 0.3 is 0 Å². The molecule has 1 rings (SSSR count). The Kier molecular flexibility index (Phi) is 6.82. The van der Waals surface area contributed by atoms with Gasteiger partial charge in [-0.25, -0.2) is 0 Å². The van der Waals surface area contributed by atoms with Gasteiger partial charge in [-0.3, -0.25) is 0 Å². The van der Waals surface area contributed by atoms with Crippen LogP contribution in [0.5, 0.6) is 0 Å². The number of nitriles is 1. The molecule has 1 N–H and O–H groups in total. The minimum absolute atomic E-state index is 0.766. The molecule has 16 heavy (non-hydrogen) atoms. The van der Waals surface area contributed by atoms with Gasteiger partial charge in [-0.2, -0.15) is 5.26 Å². The zero-order valence-corrected chi connectivity index (χ0v) is 10.5. The normalized spacial score (nSPS) is 10.2. The van der Waals surface area contributed by atoms with Crippen molar-refractivity contribution >= 4 is 11.3 Å². The lowest BCUT2D eigenvalue weighted by molar-refractivity contribution is 0.192. The number of methoxy groups -OCH3 is 1. The Balaban J connectivity index is 2.01. The Morgan fingerprint density at radius 2 is 2.31 bits per heavy atom. The highest BCUT2D eigenvalue weighted by Gasteiger charge is 1.98. The van der Waals surface area contributed by atoms with E-state index in [1.54, 1.807) is 18.4 Å². The van der Waals surface area contributed by atoms with Crippen molar-refractivity contribution in [3.05, 3.63) is 21.9 Å². The largest absolute Gasteiger partial charge is 0.385 e. The van der Waals surface area contributed by atoms with Crippen LogP contribution in [0, 0.1) is 11.3 Å². The standard InChI is InChI=1S/C12H18N2OS/c1-15-6-4-2-3-5-14-9-12-7-11(8-13)10-16-12/h7,10,14H,2-6,9H2,1H3. The van der Waals surface area contributed by atoms with E-state index in [0.717, 1.165) is 31.7 Å². The second-order valence-corrected chi connectivity index (χ2v) is 4.64. The number of unbranched alkanes of at least 4 members (excludes halogenated alkanes) is 2. The van der Waals surface area contributed by atoms with E-state index >= 15 is 0 Å². The van der Waals surface area contributed by atoms with E-state index in [0.29, 0.717) is 0 Å². The predicted molar refractivity (Wildman–Crippen MR) is 66.5 cm³/mol. The third-order valence-corrected chi connectivity index (χ3v) is 3.22. The maximum absolute atomic E-state index is 8.67. The van der Waals surface area contributed by atoms with Gasteiger partial charge in [0.1, 0.15) is 6.07 Å². The second-order valence-electron chi connectivity index (χ2n) is 3.64. The molecule has 88 valence electrons. The highest BCUT2D eigenvalue weighted by molar-refractivity contribution is 7.10. The van der Waals surface area contributed by atoms with Crippen LogP contribution < -0.4 is 5.32 Å². The molecule has 0 atom stereocenters. The van der Waals surface area contributed by atoms with Crippen LogP contribution in [0.3, 0.4) is 0 Å². The molecular weight excluding hydrogens is 220 g/mol. The number of hydrogen-bond acceptors (Lipinski definition) is 4. The van der Waals surface area contributed by atoms with Crippen LogP contribution in [0.15, 0.2) is 11.4 Å². The number of rotatable bonds is 8. The molecule has 4 heteroatoms. The zero-order chi connectivity index (χ0) is 11.6. The van der Waals surface area contributed by atoms with Crippen molar-refractivity contribution < 1.29 is 4.74 Å². The minimum Gasteiger partial charge on any atom is -0.385 e. The fourth-order valence-electron chi connectivity index (χ4n) is 1.42. The zero-order valence-electron chi connectivity index (χ0n) is 9.66. The molecule has 0 fully saturated rings. The van der Waals surface area contributed by atoms with Gasteiger partial charge in [-0.05, 0) is 31.9 Å². The molecule has 0 aliphatic carbocycles. The molecule has 0 spiro atoms. The van der Waals surface area contributed by atoms with Crippen LogP contribution in [0.25, 0.3) is 0 Å². The molecule has 1 aromatic rings. The second kappa shape index (κ2) is 8.28. The van der Waals surface area contributed by atoms with E-state index in [4.69, 9.17) is 10.00 Å². The average molecular weight is 238 g/mol. The van der Waals surface area contributed by atoms with Gasteiger partial charge in [-0.15, -0.1) is 11.3 Å². The summed E-state index contributed by atoms with van der Waals surface area (Å²) in [5.41, 5.74) is 0.766. The first-order valence-corrected chi connectivity index (χ1v) is 6.42. The summed E-state index contributed by atoms with van der Waals surface area (Å²) in [4.78, 5) is 1.23. The molecular formula is C12H18N2OS. The number of hydrogen-bond donors (Lipinski definition) is 1. The van der Waals surface area contributed by atoms with Crippen molar-refractivity contribution in [3.8, 4) is 6.07 Å². The SMILES string of the molecule is COCCCCCNCc1cc(C#N)cs1. The van der Waals surface area contributed by atoms with E-state index in [1.165, 1.54) is 17.7 Å². The summed E-state index contributed by atoms with van der Waals surface area (Å²) in [6.45, 7) is 2.76. The van der Waals surface area contributed by atoms with Gasteiger partial charge in [0, 0.05) is 30.5 Å². The lowest BCUT2D eigenvalue weighted by atomic mass is 10.2. The fraction of sp³-hybridized carbons (Fsp3) is 0.583. The van der Waals surface area contributed by atoms with Crippen LogP contribution in [0.4, 0.5) is 0 Å². The Morgan fingerprint density at radius 3 is 3.00 bits per heavy atom. The number of nitrogens with zero attached hydrogens (tertiary/aromatic N) is 1. The number of nitrogens with one attached hydrogen (secondary N) is 1. The van der Waals surface area contributed by atoms with Gasteiger partial charge in [-0.1, -0.05) is 0 Å². The quantitative estimate of drug-likeness (QED) is 0.708. The number of ether oxygens (including phenoxy) is 1. The first kappa shape index (κ1) is 13.2. The van der Waals surface area contributed by atoms with E-state index in [9.17, 15) is 0 Å². The van der Waals surface area contributed by atoms with Crippen molar-refractivity contribution in [1.29, 1.82) is 5.26 Å². The maximum atomic E-state index is 8.67. The average Bonchev–Trinajstić information content (AvgIpc) is 2.76. The van der Waals surface area contributed by atoms with E-state index < -0.39 is 0 Å². The van der Waals surface area contributed by atoms with Crippen molar-refractivity contribution in [2.45, 2.75) is 25.8 Å². The Morgan fingerprint density at radius 1 is 1.44 bits per heavy atom. The Labute approximate surface area is 101 Å². The van der Waals surface area contributed by atoms with E-state index in [2.05, 4.69) is 11.4 Å². The number of thiophene rings is 1. The van der Waals surface area contributed by atoms with Gasteiger partial charge in [0.05, 0.1) is 5.56 Å². The summed E-state index contributed by atoms with van der Waals surface area (Å²) in [6.07, 6.45) is 3.52. The molecule has 0 saturated heterocycles. The lowest BCUT2D eigenvalue weighted by Crippen LogP contribution is -2.13. The Bertz CT molecular complexity index is 330. The molecule has 0 amide bonds. The topological polar surface area (TPSA) is 45.0 Å². The third kappa shape index (κ3) is 5.26. The van der Waals surface area contributed by atoms with Crippen LogP contribution >= 0.6 is 11.3 Å². The van der Waals surface area contributed by atoms with Crippen molar-refractivity contribution in [2.24, 2.45) is 0 Å². The monoisotopic (exact) mass is 238 g/mol. The van der Waals surface area contributed by atoms with Crippen LogP contribution in [0.2, 0.25) is 0 Å². The smallest absolute Gasteiger partial charge is 0.100 e. The van der Waals surface area contributed by atoms with Gasteiger partial charge in [0.15, 0.2) is 0 Å². The summed E-state index contributed by atoms with van der Waals surface area (Å²) in [5, 5.41) is 13.9. The molecule has 1 heterocycles. The maximum Gasteiger partial charge on any atom is 0.100 e. The predicted octanol–water partition coefficient (Wildman–Crippen LogP) is 2.53. The molecule has 0 bridgehead atoms. The molecule has 0 aliphatic rings. The summed E-state index contributed by atoms with van der Waals surface area (Å²) in [6, 6.07) is 4.09. The fourth-order valence-corrected chi connectivity index (χ4v) is 2.20. The lowest BCUT2D eigenvalue weighted by Gasteiger charge is -2.02. The molecule has 1 aromatic heterocycles. The molecule has 0 radical (unpaired) electrons. The highest BCUT2D eigenvalue weighted by Crippen LogP contribution is 2.13. The molecule has 0 aromatic carbocycles. The first-order valence-electron chi connectivity index (χ1n) is 5.54. The molecule has 3 nitrogen and oxygen atoms in total. The molecule has 0 aliphatic heterocycles. The summed E-state index contributed by atoms with van der Waals surface area (Å²) in [5.74, 6) is 0. The van der Waals surface area contributed by atoms with Crippen LogP contribution in [-0.2, 0) is 11.3 Å². The highest BCUT2D eigenvalue weighted by atomic mass is 32.1. The summed E-state index contributed by atoms with van der Waals surface area (Å²) in [7, 11) is 1.74. The van der Waals surface area contributed by atoms with Crippen molar-refractivity contribution in [2.75, 3.05) is 20.3 Å². The summed E-state index contributed by atoms with van der Waals surface area (Å²) < 4.78 is 4.98. The van der Waals surface area contributed by atoms with Crippen molar-refractivity contribution in [3.63, 3.8) is 0 Å². The Hall–Kier alpha value is -0.890. The van der Waals surface area contributed by atoms with Crippen LogP contribution in [-0.4, -0.2) is 20.3 Å². The van der Waals surface area contributed by atoms with Crippen molar-refractivity contribution in [1.82, 2.24) is 5.32 Å². The van der Waals surface area contributed by atoms with Gasteiger partial charge in [0.2, 0.25) is 0 Å². The van der Waals surface area contributed by atoms with Gasteiger partial charge < -0.3 is 10.1 Å². The van der Waals surface area contributed by atoms with E-state index in [1.807, 2.05) is 11.4 Å².